The lowest BCUT2D eigenvalue weighted by atomic mass is 9.95. The van der Waals surface area contributed by atoms with Crippen LogP contribution in [0.15, 0.2) is 36.4 Å². The Kier molecular flexibility index (Phi) is 5.27. The van der Waals surface area contributed by atoms with E-state index in [-0.39, 0.29) is 6.04 Å². The van der Waals surface area contributed by atoms with Crippen molar-refractivity contribution in [3.8, 4) is 5.75 Å². The monoisotopic (exact) mass is 303 g/mol. The molecule has 0 saturated heterocycles. The minimum absolute atomic E-state index is 0.273. The van der Waals surface area contributed by atoms with Gasteiger partial charge in [-0.3, -0.25) is 0 Å². The molecular weight excluding hydrogens is 282 g/mol. The first-order chi connectivity index (χ1) is 10.0. The fourth-order valence-electron chi connectivity index (χ4n) is 2.75. The highest BCUT2D eigenvalue weighted by Gasteiger charge is 2.13. The maximum atomic E-state index is 5.94. The summed E-state index contributed by atoms with van der Waals surface area (Å²) in [7, 11) is 3.72. The van der Waals surface area contributed by atoms with E-state index in [0.29, 0.717) is 0 Å². The number of hydrogen-bond donors (Lipinski definition) is 1. The van der Waals surface area contributed by atoms with Gasteiger partial charge in [-0.25, -0.2) is 0 Å². The molecule has 1 unspecified atom stereocenters. The third-order valence-electron chi connectivity index (χ3n) is 3.79. The maximum Gasteiger partial charge on any atom is 0.124 e. The summed E-state index contributed by atoms with van der Waals surface area (Å²) in [5.74, 6) is 0.972. The van der Waals surface area contributed by atoms with Crippen LogP contribution in [0.5, 0.6) is 5.75 Å². The van der Waals surface area contributed by atoms with Crippen molar-refractivity contribution in [1.29, 1.82) is 0 Å². The summed E-state index contributed by atoms with van der Waals surface area (Å²) in [6.45, 7) is 4.18. The molecule has 0 bridgehead atoms. The molecule has 0 fully saturated rings. The second-order valence-electron chi connectivity index (χ2n) is 5.36. The van der Waals surface area contributed by atoms with Crippen molar-refractivity contribution in [3.63, 3.8) is 0 Å². The maximum absolute atomic E-state index is 5.94. The van der Waals surface area contributed by atoms with Crippen LogP contribution in [-0.2, 0) is 6.42 Å². The Morgan fingerprint density at radius 3 is 2.14 bits per heavy atom. The van der Waals surface area contributed by atoms with Crippen LogP contribution in [0.3, 0.4) is 0 Å². The van der Waals surface area contributed by atoms with E-state index in [1.54, 1.807) is 7.11 Å². The number of likely N-dealkylation sites (N-methyl/N-ethyl adjacent to an activating group) is 1. The third kappa shape index (κ3) is 3.78. The summed E-state index contributed by atoms with van der Waals surface area (Å²) in [5, 5.41) is 4.17. The fraction of sp³-hybridized carbons (Fsp3) is 0.333. The number of aryl methyl sites for hydroxylation is 2. The quantitative estimate of drug-likeness (QED) is 0.880. The second-order valence-corrected chi connectivity index (χ2v) is 5.80. The number of hydrogen-bond acceptors (Lipinski definition) is 2. The second kappa shape index (κ2) is 6.97. The van der Waals surface area contributed by atoms with Gasteiger partial charge in [0.2, 0.25) is 0 Å². The summed E-state index contributed by atoms with van der Waals surface area (Å²) in [4.78, 5) is 0. The lowest BCUT2D eigenvalue weighted by Gasteiger charge is -2.20. The molecule has 0 aromatic heterocycles. The summed E-state index contributed by atoms with van der Waals surface area (Å²) >= 11 is 5.94. The first-order valence-electron chi connectivity index (χ1n) is 7.12. The van der Waals surface area contributed by atoms with Gasteiger partial charge >= 0.3 is 0 Å². The molecule has 2 aromatic carbocycles. The molecule has 0 amide bonds. The van der Waals surface area contributed by atoms with Gasteiger partial charge < -0.3 is 10.1 Å². The highest BCUT2D eigenvalue weighted by molar-refractivity contribution is 6.30. The van der Waals surface area contributed by atoms with Crippen molar-refractivity contribution in [1.82, 2.24) is 5.32 Å². The smallest absolute Gasteiger partial charge is 0.124 e. The Morgan fingerprint density at radius 1 is 1.10 bits per heavy atom. The molecule has 112 valence electrons. The van der Waals surface area contributed by atoms with Crippen molar-refractivity contribution in [2.75, 3.05) is 14.2 Å². The zero-order chi connectivity index (χ0) is 15.4. The van der Waals surface area contributed by atoms with Crippen molar-refractivity contribution in [2.45, 2.75) is 26.3 Å². The average Bonchev–Trinajstić information content (AvgIpc) is 2.46. The fourth-order valence-corrected chi connectivity index (χ4v) is 2.88. The summed E-state index contributed by atoms with van der Waals surface area (Å²) in [5.41, 5.74) is 4.89. The highest BCUT2D eigenvalue weighted by Crippen LogP contribution is 2.28. The van der Waals surface area contributed by atoms with Crippen LogP contribution in [0.25, 0.3) is 0 Å². The van der Waals surface area contributed by atoms with Crippen LogP contribution in [-0.4, -0.2) is 14.2 Å². The normalized spacial score (nSPS) is 12.2. The zero-order valence-corrected chi connectivity index (χ0v) is 13.8. The van der Waals surface area contributed by atoms with E-state index in [1.807, 2.05) is 19.2 Å². The molecule has 0 radical (unpaired) electrons. The molecule has 0 aliphatic carbocycles. The minimum atomic E-state index is 0.273. The molecule has 3 heteroatoms. The van der Waals surface area contributed by atoms with E-state index in [0.717, 1.165) is 17.2 Å². The molecule has 0 saturated carbocycles. The lowest BCUT2D eigenvalue weighted by molar-refractivity contribution is 0.408. The summed E-state index contributed by atoms with van der Waals surface area (Å²) in [6.07, 6.45) is 0.929. The van der Waals surface area contributed by atoms with Crippen molar-refractivity contribution in [2.24, 2.45) is 0 Å². The van der Waals surface area contributed by atoms with Crippen LogP contribution < -0.4 is 10.1 Å². The molecule has 2 rings (SSSR count). The molecule has 21 heavy (non-hydrogen) atoms. The van der Waals surface area contributed by atoms with E-state index in [9.17, 15) is 0 Å². The lowest BCUT2D eigenvalue weighted by Crippen LogP contribution is -2.19. The first-order valence-corrected chi connectivity index (χ1v) is 7.49. The summed E-state index contributed by atoms with van der Waals surface area (Å²) in [6, 6.07) is 12.7. The van der Waals surface area contributed by atoms with Crippen LogP contribution in [0.1, 0.15) is 28.3 Å². The number of methoxy groups -OCH3 is 1. The van der Waals surface area contributed by atoms with Gasteiger partial charge in [-0.15, -0.1) is 0 Å². The van der Waals surface area contributed by atoms with Gasteiger partial charge in [0.25, 0.3) is 0 Å². The largest absolute Gasteiger partial charge is 0.496 e. The molecule has 1 N–H and O–H groups in total. The van der Waals surface area contributed by atoms with Gasteiger partial charge in [-0.1, -0.05) is 35.9 Å². The Labute approximate surface area is 132 Å². The Bertz CT molecular complexity index is 584. The van der Waals surface area contributed by atoms with Gasteiger partial charge in [0, 0.05) is 11.1 Å². The number of ether oxygens (including phenoxy) is 1. The van der Waals surface area contributed by atoms with Crippen LogP contribution in [0.2, 0.25) is 5.02 Å². The molecule has 0 aliphatic heterocycles. The van der Waals surface area contributed by atoms with Crippen molar-refractivity contribution >= 4 is 11.6 Å². The average molecular weight is 304 g/mol. The van der Waals surface area contributed by atoms with Gasteiger partial charge in [0.05, 0.1) is 7.11 Å². The molecule has 0 spiro atoms. The molecule has 2 nitrogen and oxygen atoms in total. The number of rotatable bonds is 5. The Morgan fingerprint density at radius 2 is 1.67 bits per heavy atom. The number of halogens is 1. The number of nitrogens with one attached hydrogen (secondary N) is 1. The highest BCUT2D eigenvalue weighted by atomic mass is 35.5. The SMILES string of the molecule is CNC(Cc1ccc(Cl)cc1)c1cc(C)c(OC)c(C)c1. The Hall–Kier alpha value is -1.51. The molecular formula is C18H22ClNO. The molecule has 0 heterocycles. The van der Waals surface area contributed by atoms with Gasteiger partial charge in [0.1, 0.15) is 5.75 Å². The van der Waals surface area contributed by atoms with Crippen molar-refractivity contribution < 1.29 is 4.74 Å². The minimum Gasteiger partial charge on any atom is -0.496 e. The van der Waals surface area contributed by atoms with E-state index in [4.69, 9.17) is 16.3 Å². The first kappa shape index (κ1) is 15.9. The standard InChI is InChI=1S/C18H22ClNO/c1-12-9-15(10-13(2)18(12)21-4)17(20-3)11-14-5-7-16(19)8-6-14/h5-10,17,20H,11H2,1-4H3. The third-order valence-corrected chi connectivity index (χ3v) is 4.04. The van der Waals surface area contributed by atoms with Gasteiger partial charge in [-0.2, -0.15) is 0 Å². The summed E-state index contributed by atoms with van der Waals surface area (Å²) < 4.78 is 5.44. The predicted molar refractivity (Wildman–Crippen MR) is 89.4 cm³/mol. The topological polar surface area (TPSA) is 21.3 Å². The van der Waals surface area contributed by atoms with E-state index in [2.05, 4.69) is 43.4 Å². The van der Waals surface area contributed by atoms with E-state index in [1.165, 1.54) is 22.3 Å². The van der Waals surface area contributed by atoms with Gasteiger partial charge in [0.15, 0.2) is 0 Å². The molecule has 0 aliphatic rings. The zero-order valence-electron chi connectivity index (χ0n) is 13.0. The van der Waals surface area contributed by atoms with Gasteiger partial charge in [-0.05, 0) is 61.7 Å². The van der Waals surface area contributed by atoms with Crippen LogP contribution in [0.4, 0.5) is 0 Å². The molecule has 2 aromatic rings. The number of benzene rings is 2. The molecule has 1 atom stereocenters. The van der Waals surface area contributed by atoms with Crippen LogP contribution in [0, 0.1) is 13.8 Å². The van der Waals surface area contributed by atoms with Crippen LogP contribution >= 0.6 is 11.6 Å². The van der Waals surface area contributed by atoms with E-state index < -0.39 is 0 Å². The van der Waals surface area contributed by atoms with Crippen molar-refractivity contribution in [3.05, 3.63) is 63.7 Å². The van der Waals surface area contributed by atoms with E-state index >= 15 is 0 Å². The predicted octanol–water partition coefficient (Wildman–Crippen LogP) is 4.47. The Balaban J connectivity index is 2.27.